The van der Waals surface area contributed by atoms with Crippen LogP contribution in [0.25, 0.3) is 0 Å². The highest BCUT2D eigenvalue weighted by Crippen LogP contribution is 2.35. The van der Waals surface area contributed by atoms with E-state index >= 15 is 0 Å². The molecule has 1 heterocycles. The Kier molecular flexibility index (Phi) is 7.66. The molecule has 0 bridgehead atoms. The Morgan fingerprint density at radius 1 is 1.25 bits per heavy atom. The Hall–Kier alpha value is -1.24. The summed E-state index contributed by atoms with van der Waals surface area (Å²) in [4.78, 5) is 32.1. The minimum Gasteiger partial charge on any atom is -0.325 e. The van der Waals surface area contributed by atoms with Crippen molar-refractivity contribution in [2.75, 3.05) is 11.9 Å². The molecule has 0 spiro atoms. The minimum absolute atomic E-state index is 0.00330. The molecule has 8 heteroatoms. The molecule has 28 heavy (non-hydrogen) atoms. The quantitative estimate of drug-likeness (QED) is 0.624. The number of benzene rings is 1. The van der Waals surface area contributed by atoms with Crippen LogP contribution in [-0.2, 0) is 9.59 Å². The fraction of sp³-hybridized carbons (Fsp3) is 0.550. The Morgan fingerprint density at radius 3 is 2.64 bits per heavy atom. The number of amides is 2. The predicted molar refractivity (Wildman–Crippen MR) is 117 cm³/mol. The van der Waals surface area contributed by atoms with Crippen LogP contribution in [0.15, 0.2) is 23.2 Å². The third-order valence-electron chi connectivity index (χ3n) is 5.05. The second kappa shape index (κ2) is 9.99. The molecule has 1 aliphatic heterocycles. The van der Waals surface area contributed by atoms with Crippen molar-refractivity contribution in [2.45, 2.75) is 63.2 Å². The van der Waals surface area contributed by atoms with Crippen molar-refractivity contribution in [1.29, 1.82) is 0 Å². The fourth-order valence-corrected chi connectivity index (χ4v) is 5.29. The third-order valence-corrected chi connectivity index (χ3v) is 7.05. The van der Waals surface area contributed by atoms with Gasteiger partial charge in [-0.2, -0.15) is 0 Å². The fourth-order valence-electron chi connectivity index (χ4n) is 3.68. The first kappa shape index (κ1) is 21.5. The number of anilines is 1. The van der Waals surface area contributed by atoms with Crippen molar-refractivity contribution in [3.63, 3.8) is 0 Å². The van der Waals surface area contributed by atoms with E-state index in [4.69, 9.17) is 23.2 Å². The second-order valence-corrected chi connectivity index (χ2v) is 9.03. The number of nitrogens with one attached hydrogen (secondary N) is 1. The van der Waals surface area contributed by atoms with Crippen molar-refractivity contribution in [1.82, 2.24) is 4.90 Å². The SMILES string of the molecule is CCN=C1SC(CC(=O)Nc2cccc(Cl)c2Cl)C(=O)N1C1CCCCCC1. The smallest absolute Gasteiger partial charge is 0.242 e. The molecule has 2 amide bonds. The van der Waals surface area contributed by atoms with Gasteiger partial charge < -0.3 is 5.32 Å². The molecule has 1 saturated heterocycles. The topological polar surface area (TPSA) is 61.8 Å². The molecular weight excluding hydrogens is 417 g/mol. The molecule has 0 aromatic heterocycles. The van der Waals surface area contributed by atoms with Gasteiger partial charge in [-0.25, -0.2) is 0 Å². The lowest BCUT2D eigenvalue weighted by molar-refractivity contribution is -0.129. The number of carbonyl (C=O) groups excluding carboxylic acids is 2. The van der Waals surface area contributed by atoms with Gasteiger partial charge >= 0.3 is 0 Å². The summed E-state index contributed by atoms with van der Waals surface area (Å²) in [6, 6.07) is 5.27. The summed E-state index contributed by atoms with van der Waals surface area (Å²) < 4.78 is 0. The summed E-state index contributed by atoms with van der Waals surface area (Å²) >= 11 is 13.5. The maximum Gasteiger partial charge on any atom is 0.242 e. The number of aliphatic imine (C=N–C) groups is 1. The van der Waals surface area contributed by atoms with E-state index in [1.54, 1.807) is 18.2 Å². The maximum absolute atomic E-state index is 13.1. The van der Waals surface area contributed by atoms with Gasteiger partial charge in [-0.3, -0.25) is 19.5 Å². The average Bonchev–Trinajstić information content (AvgIpc) is 2.84. The van der Waals surface area contributed by atoms with Gasteiger partial charge in [-0.1, -0.05) is 66.7 Å². The van der Waals surface area contributed by atoms with Crippen LogP contribution in [0.1, 0.15) is 51.9 Å². The molecule has 1 aromatic carbocycles. The number of amidine groups is 1. The lowest BCUT2D eigenvalue weighted by Crippen LogP contribution is -2.41. The predicted octanol–water partition coefficient (Wildman–Crippen LogP) is 5.36. The Bertz CT molecular complexity index is 764. The van der Waals surface area contributed by atoms with E-state index in [0.717, 1.165) is 30.9 Å². The van der Waals surface area contributed by atoms with Crippen molar-refractivity contribution < 1.29 is 9.59 Å². The van der Waals surface area contributed by atoms with Gasteiger partial charge in [0, 0.05) is 19.0 Å². The highest BCUT2D eigenvalue weighted by Gasteiger charge is 2.42. The molecule has 2 fully saturated rings. The lowest BCUT2D eigenvalue weighted by Gasteiger charge is -2.26. The zero-order chi connectivity index (χ0) is 20.1. The van der Waals surface area contributed by atoms with Crippen LogP contribution in [0.3, 0.4) is 0 Å². The van der Waals surface area contributed by atoms with Crippen LogP contribution in [0.2, 0.25) is 10.0 Å². The van der Waals surface area contributed by atoms with Gasteiger partial charge in [-0.05, 0) is 31.9 Å². The van der Waals surface area contributed by atoms with Crippen molar-refractivity contribution in [2.24, 2.45) is 4.99 Å². The Morgan fingerprint density at radius 2 is 1.96 bits per heavy atom. The standard InChI is InChI=1S/C20H25Cl2N3O2S/c1-2-23-20-25(13-8-5-3-4-6-9-13)19(27)16(28-20)12-17(26)24-15-11-7-10-14(21)18(15)22/h7,10-11,13,16H,2-6,8-9,12H2,1H3,(H,24,26). The van der Waals surface area contributed by atoms with Crippen molar-refractivity contribution in [3.05, 3.63) is 28.2 Å². The number of hydrogen-bond acceptors (Lipinski definition) is 4. The van der Waals surface area contributed by atoms with E-state index < -0.39 is 5.25 Å². The van der Waals surface area contributed by atoms with Crippen molar-refractivity contribution >= 4 is 57.6 Å². The molecule has 152 valence electrons. The molecule has 5 nitrogen and oxygen atoms in total. The number of hydrogen-bond donors (Lipinski definition) is 1. The van der Waals surface area contributed by atoms with Gasteiger partial charge in [-0.15, -0.1) is 0 Å². The molecule has 1 atom stereocenters. The molecule has 3 rings (SSSR count). The summed E-state index contributed by atoms with van der Waals surface area (Å²) in [5, 5.41) is 3.76. The maximum atomic E-state index is 13.1. The van der Waals surface area contributed by atoms with Crippen LogP contribution < -0.4 is 5.32 Å². The van der Waals surface area contributed by atoms with E-state index in [9.17, 15) is 9.59 Å². The van der Waals surface area contributed by atoms with Crippen LogP contribution in [-0.4, -0.2) is 39.7 Å². The number of halogens is 2. The summed E-state index contributed by atoms with van der Waals surface area (Å²) in [5.41, 5.74) is 0.456. The third kappa shape index (κ3) is 5.02. The summed E-state index contributed by atoms with van der Waals surface area (Å²) in [6.07, 6.45) is 6.81. The molecule has 1 saturated carbocycles. The first-order valence-corrected chi connectivity index (χ1v) is 11.4. The zero-order valence-corrected chi connectivity index (χ0v) is 18.2. The second-order valence-electron chi connectivity index (χ2n) is 7.07. The highest BCUT2D eigenvalue weighted by atomic mass is 35.5. The summed E-state index contributed by atoms with van der Waals surface area (Å²) in [7, 11) is 0. The van der Waals surface area contributed by atoms with Gasteiger partial charge in [0.15, 0.2) is 5.17 Å². The van der Waals surface area contributed by atoms with Crippen LogP contribution in [0, 0.1) is 0 Å². The molecule has 1 N–H and O–H groups in total. The summed E-state index contributed by atoms with van der Waals surface area (Å²) in [5.74, 6) is -0.259. The molecule has 0 radical (unpaired) electrons. The van der Waals surface area contributed by atoms with Crippen LogP contribution in [0.4, 0.5) is 5.69 Å². The highest BCUT2D eigenvalue weighted by molar-refractivity contribution is 8.15. The zero-order valence-electron chi connectivity index (χ0n) is 15.9. The van der Waals surface area contributed by atoms with Gasteiger partial charge in [0.25, 0.3) is 0 Å². The Labute approximate surface area is 180 Å². The van der Waals surface area contributed by atoms with Gasteiger partial charge in [0.05, 0.1) is 15.7 Å². The number of carbonyl (C=O) groups is 2. The largest absolute Gasteiger partial charge is 0.325 e. The van der Waals surface area contributed by atoms with Gasteiger partial charge in [0.2, 0.25) is 11.8 Å². The molecule has 1 unspecified atom stereocenters. The van der Waals surface area contributed by atoms with E-state index in [1.165, 1.54) is 24.6 Å². The number of nitrogens with zero attached hydrogens (tertiary/aromatic N) is 2. The molecule has 2 aliphatic rings. The first-order chi connectivity index (χ1) is 13.5. The van der Waals surface area contributed by atoms with E-state index in [-0.39, 0.29) is 24.3 Å². The molecular formula is C20H25Cl2N3O2S. The number of rotatable bonds is 5. The van der Waals surface area contributed by atoms with Gasteiger partial charge in [0.1, 0.15) is 5.25 Å². The summed E-state index contributed by atoms with van der Waals surface area (Å²) in [6.45, 7) is 2.58. The average molecular weight is 442 g/mol. The normalized spacial score (nSPS) is 22.5. The Balaban J connectivity index is 1.70. The molecule has 1 aliphatic carbocycles. The van der Waals surface area contributed by atoms with E-state index in [2.05, 4.69) is 10.3 Å². The monoisotopic (exact) mass is 441 g/mol. The molecule has 1 aromatic rings. The lowest BCUT2D eigenvalue weighted by atomic mass is 10.1. The first-order valence-electron chi connectivity index (χ1n) is 9.79. The van der Waals surface area contributed by atoms with E-state index in [1.807, 2.05) is 11.8 Å². The van der Waals surface area contributed by atoms with Crippen LogP contribution in [0.5, 0.6) is 0 Å². The van der Waals surface area contributed by atoms with Crippen molar-refractivity contribution in [3.8, 4) is 0 Å². The number of thioether (sulfide) groups is 1. The van der Waals surface area contributed by atoms with E-state index in [0.29, 0.717) is 22.3 Å². The minimum atomic E-state index is -0.452. The van der Waals surface area contributed by atoms with Crippen LogP contribution >= 0.6 is 35.0 Å².